The normalized spacial score (nSPS) is 25.0. The van der Waals surface area contributed by atoms with Crippen molar-refractivity contribution < 1.29 is 14.3 Å². The van der Waals surface area contributed by atoms with Crippen molar-refractivity contribution in [3.05, 3.63) is 35.4 Å². The summed E-state index contributed by atoms with van der Waals surface area (Å²) in [5, 5.41) is 0. The van der Waals surface area contributed by atoms with Crippen LogP contribution in [0.3, 0.4) is 0 Å². The minimum atomic E-state index is -0.154. The topological polar surface area (TPSA) is 49.9 Å². The Bertz CT molecular complexity index is 557. The molecule has 2 amide bonds. The van der Waals surface area contributed by atoms with Gasteiger partial charge in [0.05, 0.1) is 23.3 Å². The lowest BCUT2D eigenvalue weighted by atomic mass is 10.1. The highest BCUT2D eigenvalue weighted by Gasteiger charge is 2.34. The molecule has 2 aliphatic heterocycles. The minimum Gasteiger partial charge on any atom is -0.373 e. The zero-order valence-electron chi connectivity index (χ0n) is 13.8. The fraction of sp³-hybridized carbons (Fsp3) is 0.556. The Labute approximate surface area is 137 Å². The number of hydrogen-bond donors (Lipinski definition) is 0. The van der Waals surface area contributed by atoms with Crippen LogP contribution in [0.5, 0.6) is 0 Å². The predicted molar refractivity (Wildman–Crippen MR) is 87.5 cm³/mol. The van der Waals surface area contributed by atoms with E-state index in [1.165, 1.54) is 4.90 Å². The molecular weight excluding hydrogens is 292 g/mol. The Morgan fingerprint density at radius 1 is 0.957 bits per heavy atom. The fourth-order valence-electron chi connectivity index (χ4n) is 3.51. The fourth-order valence-corrected chi connectivity index (χ4v) is 3.51. The second kappa shape index (κ2) is 6.81. The Morgan fingerprint density at radius 3 is 2.04 bits per heavy atom. The first kappa shape index (κ1) is 16.1. The number of fused-ring (bicyclic) bond motifs is 1. The lowest BCUT2D eigenvalue weighted by Crippen LogP contribution is -2.45. The van der Waals surface area contributed by atoms with E-state index in [1.807, 2.05) is 0 Å². The summed E-state index contributed by atoms with van der Waals surface area (Å²) in [6.07, 6.45) is 2.36. The van der Waals surface area contributed by atoms with Crippen molar-refractivity contribution in [3.63, 3.8) is 0 Å². The van der Waals surface area contributed by atoms with Gasteiger partial charge in [-0.25, -0.2) is 0 Å². The summed E-state index contributed by atoms with van der Waals surface area (Å²) in [6, 6.07) is 7.06. The van der Waals surface area contributed by atoms with Crippen molar-refractivity contribution in [2.24, 2.45) is 0 Å². The van der Waals surface area contributed by atoms with Gasteiger partial charge in [0.2, 0.25) is 0 Å². The van der Waals surface area contributed by atoms with E-state index in [0.717, 1.165) is 32.5 Å². The van der Waals surface area contributed by atoms with E-state index in [2.05, 4.69) is 18.7 Å². The number of hydrogen-bond acceptors (Lipinski definition) is 4. The molecular formula is C18H24N2O3. The monoisotopic (exact) mass is 316 g/mol. The number of carbonyl (C=O) groups is 2. The Hall–Kier alpha value is -1.72. The Morgan fingerprint density at radius 2 is 1.48 bits per heavy atom. The molecule has 1 fully saturated rings. The molecule has 2 atom stereocenters. The number of nitrogens with zero attached hydrogens (tertiary/aromatic N) is 2. The van der Waals surface area contributed by atoms with Crippen LogP contribution in [0.15, 0.2) is 24.3 Å². The number of carbonyl (C=O) groups excluding carboxylic acids is 2. The Balaban J connectivity index is 1.47. The largest absolute Gasteiger partial charge is 0.373 e. The summed E-state index contributed by atoms with van der Waals surface area (Å²) in [5.41, 5.74) is 1.07. The van der Waals surface area contributed by atoms with Crippen LogP contribution in [0, 0.1) is 0 Å². The maximum absolute atomic E-state index is 12.3. The van der Waals surface area contributed by atoms with Crippen LogP contribution >= 0.6 is 0 Å². The van der Waals surface area contributed by atoms with E-state index in [0.29, 0.717) is 17.7 Å². The lowest BCUT2D eigenvalue weighted by Gasteiger charge is -2.35. The number of amides is 2. The SMILES string of the molecule is C[C@H]1CN(CCCCN2C(=O)c3ccccc3C2=O)C[C@H](C)O1. The summed E-state index contributed by atoms with van der Waals surface area (Å²) < 4.78 is 5.73. The quantitative estimate of drug-likeness (QED) is 0.617. The van der Waals surface area contributed by atoms with Gasteiger partial charge in [0, 0.05) is 19.6 Å². The molecule has 0 bridgehead atoms. The van der Waals surface area contributed by atoms with E-state index in [9.17, 15) is 9.59 Å². The minimum absolute atomic E-state index is 0.154. The molecule has 124 valence electrons. The average molecular weight is 316 g/mol. The first-order chi connectivity index (χ1) is 11.1. The van der Waals surface area contributed by atoms with Crippen LogP contribution < -0.4 is 0 Å². The van der Waals surface area contributed by atoms with Crippen molar-refractivity contribution in [2.75, 3.05) is 26.2 Å². The molecule has 1 aromatic carbocycles. The van der Waals surface area contributed by atoms with Crippen LogP contribution in [0.1, 0.15) is 47.4 Å². The number of rotatable bonds is 5. The molecule has 0 saturated carbocycles. The van der Waals surface area contributed by atoms with Crippen LogP contribution in [-0.4, -0.2) is 60.0 Å². The molecule has 0 spiro atoms. The first-order valence-electron chi connectivity index (χ1n) is 8.39. The summed E-state index contributed by atoms with van der Waals surface area (Å²) in [4.78, 5) is 28.3. The number of benzene rings is 1. The predicted octanol–water partition coefficient (Wildman–Crippen LogP) is 2.17. The molecule has 0 aromatic heterocycles. The second-order valence-corrected chi connectivity index (χ2v) is 6.53. The maximum Gasteiger partial charge on any atom is 0.261 e. The van der Waals surface area contributed by atoms with E-state index >= 15 is 0 Å². The van der Waals surface area contributed by atoms with E-state index in [1.54, 1.807) is 24.3 Å². The van der Waals surface area contributed by atoms with Gasteiger partial charge in [0.1, 0.15) is 0 Å². The maximum atomic E-state index is 12.3. The van der Waals surface area contributed by atoms with Crippen molar-refractivity contribution in [2.45, 2.75) is 38.9 Å². The van der Waals surface area contributed by atoms with Crippen LogP contribution in [0.4, 0.5) is 0 Å². The summed E-state index contributed by atoms with van der Waals surface area (Å²) in [6.45, 7) is 7.60. The standard InChI is InChI=1S/C18H24N2O3/c1-13-11-19(12-14(2)23-13)9-5-6-10-20-17(21)15-7-3-4-8-16(15)18(20)22/h3-4,7-8,13-14H,5-6,9-12H2,1-2H3/t13-,14-/m0/s1. The molecule has 0 aliphatic carbocycles. The number of ether oxygens (including phenoxy) is 1. The summed E-state index contributed by atoms with van der Waals surface area (Å²) >= 11 is 0. The zero-order chi connectivity index (χ0) is 16.4. The zero-order valence-corrected chi connectivity index (χ0v) is 13.8. The smallest absolute Gasteiger partial charge is 0.261 e. The molecule has 1 saturated heterocycles. The van der Waals surface area contributed by atoms with Gasteiger partial charge >= 0.3 is 0 Å². The van der Waals surface area contributed by atoms with Crippen LogP contribution in [0.2, 0.25) is 0 Å². The van der Waals surface area contributed by atoms with E-state index in [-0.39, 0.29) is 24.0 Å². The molecule has 1 aromatic rings. The second-order valence-electron chi connectivity index (χ2n) is 6.53. The lowest BCUT2D eigenvalue weighted by molar-refractivity contribution is -0.0681. The first-order valence-corrected chi connectivity index (χ1v) is 8.39. The van der Waals surface area contributed by atoms with Gasteiger partial charge in [-0.2, -0.15) is 0 Å². The average Bonchev–Trinajstić information content (AvgIpc) is 2.75. The number of unbranched alkanes of at least 4 members (excludes halogenated alkanes) is 1. The van der Waals surface area contributed by atoms with Gasteiger partial charge in [0.15, 0.2) is 0 Å². The Kier molecular flexibility index (Phi) is 4.78. The highest BCUT2D eigenvalue weighted by atomic mass is 16.5. The van der Waals surface area contributed by atoms with Gasteiger partial charge in [-0.1, -0.05) is 12.1 Å². The van der Waals surface area contributed by atoms with Crippen molar-refractivity contribution >= 4 is 11.8 Å². The molecule has 23 heavy (non-hydrogen) atoms. The van der Waals surface area contributed by atoms with E-state index < -0.39 is 0 Å². The van der Waals surface area contributed by atoms with Crippen molar-refractivity contribution in [1.82, 2.24) is 9.80 Å². The van der Waals surface area contributed by atoms with Gasteiger partial charge in [-0.05, 0) is 45.4 Å². The molecule has 3 rings (SSSR count). The third kappa shape index (κ3) is 3.46. The molecule has 0 unspecified atom stereocenters. The molecule has 0 radical (unpaired) electrons. The third-order valence-corrected chi connectivity index (χ3v) is 4.48. The highest BCUT2D eigenvalue weighted by Crippen LogP contribution is 2.22. The molecule has 2 aliphatic rings. The van der Waals surface area contributed by atoms with Crippen molar-refractivity contribution in [1.29, 1.82) is 0 Å². The molecule has 0 N–H and O–H groups in total. The van der Waals surface area contributed by atoms with E-state index in [4.69, 9.17) is 4.74 Å². The third-order valence-electron chi connectivity index (χ3n) is 4.48. The highest BCUT2D eigenvalue weighted by molar-refractivity contribution is 6.21. The molecule has 5 nitrogen and oxygen atoms in total. The molecule has 2 heterocycles. The summed E-state index contributed by atoms with van der Waals surface area (Å²) in [7, 11) is 0. The number of morpholine rings is 1. The van der Waals surface area contributed by atoms with Crippen LogP contribution in [-0.2, 0) is 4.74 Å². The van der Waals surface area contributed by atoms with Gasteiger partial charge < -0.3 is 4.74 Å². The van der Waals surface area contributed by atoms with Crippen molar-refractivity contribution in [3.8, 4) is 0 Å². The van der Waals surface area contributed by atoms with Crippen LogP contribution in [0.25, 0.3) is 0 Å². The van der Waals surface area contributed by atoms with Gasteiger partial charge in [-0.3, -0.25) is 19.4 Å². The van der Waals surface area contributed by atoms with Gasteiger partial charge in [-0.15, -0.1) is 0 Å². The summed E-state index contributed by atoms with van der Waals surface area (Å²) in [5.74, 6) is -0.307. The molecule has 5 heteroatoms. The number of imide groups is 1. The van der Waals surface area contributed by atoms with Gasteiger partial charge in [0.25, 0.3) is 11.8 Å².